The van der Waals surface area contributed by atoms with E-state index >= 15 is 0 Å². The molecule has 0 radical (unpaired) electrons. The van der Waals surface area contributed by atoms with Crippen LogP contribution in [0.5, 0.6) is 5.88 Å². The number of esters is 1. The third kappa shape index (κ3) is 5.39. The molecular formula is C17H24N2O4. The van der Waals surface area contributed by atoms with E-state index in [0.717, 1.165) is 0 Å². The van der Waals surface area contributed by atoms with Crippen molar-refractivity contribution in [1.29, 1.82) is 0 Å². The number of pyridine rings is 1. The van der Waals surface area contributed by atoms with E-state index in [4.69, 9.17) is 9.47 Å². The molecule has 1 aromatic heterocycles. The zero-order valence-electron chi connectivity index (χ0n) is 14.5. The number of carbonyl (C=O) groups excluding carboxylic acids is 2. The second kappa shape index (κ2) is 7.76. The average Bonchev–Trinajstić information content (AvgIpc) is 2.46. The second-order valence-electron chi connectivity index (χ2n) is 6.03. The minimum absolute atomic E-state index is 0.177. The van der Waals surface area contributed by atoms with E-state index in [1.54, 1.807) is 26.0 Å². The highest BCUT2D eigenvalue weighted by molar-refractivity contribution is 5.98. The Balaban J connectivity index is 3.21. The standard InChI is InChI=1S/C17H24N2O4/c1-7-23-14(20)10-11(2)12-8-9-13(22-6)18-15(12)19-16(21)17(3,4)5/h8-10H,7H2,1-6H3,(H,18,19,21). The molecule has 1 aromatic rings. The number of aromatic nitrogens is 1. The summed E-state index contributed by atoms with van der Waals surface area (Å²) in [4.78, 5) is 28.1. The van der Waals surface area contributed by atoms with Crippen LogP contribution in [0.25, 0.3) is 5.57 Å². The minimum Gasteiger partial charge on any atom is -0.481 e. The molecule has 0 aliphatic carbocycles. The van der Waals surface area contributed by atoms with Crippen LogP contribution in [0.2, 0.25) is 0 Å². The average molecular weight is 320 g/mol. The van der Waals surface area contributed by atoms with Gasteiger partial charge in [-0.3, -0.25) is 4.79 Å². The predicted molar refractivity (Wildman–Crippen MR) is 89.2 cm³/mol. The van der Waals surface area contributed by atoms with E-state index in [2.05, 4.69) is 10.3 Å². The van der Waals surface area contributed by atoms with Crippen molar-refractivity contribution in [3.8, 4) is 5.88 Å². The van der Waals surface area contributed by atoms with Crippen LogP contribution in [0, 0.1) is 5.41 Å². The summed E-state index contributed by atoms with van der Waals surface area (Å²) in [5, 5.41) is 2.79. The molecule has 0 atom stereocenters. The number of amides is 1. The first-order valence-corrected chi connectivity index (χ1v) is 7.41. The Morgan fingerprint density at radius 1 is 1.30 bits per heavy atom. The first-order valence-electron chi connectivity index (χ1n) is 7.41. The lowest BCUT2D eigenvalue weighted by atomic mass is 9.95. The van der Waals surface area contributed by atoms with E-state index in [1.165, 1.54) is 13.2 Å². The van der Waals surface area contributed by atoms with Crippen LogP contribution in [0.3, 0.4) is 0 Å². The van der Waals surface area contributed by atoms with Crippen molar-refractivity contribution in [3.05, 3.63) is 23.8 Å². The van der Waals surface area contributed by atoms with Gasteiger partial charge in [0.1, 0.15) is 5.82 Å². The number of anilines is 1. The highest BCUT2D eigenvalue weighted by atomic mass is 16.5. The molecule has 0 aromatic carbocycles. The highest BCUT2D eigenvalue weighted by Gasteiger charge is 2.23. The van der Waals surface area contributed by atoms with Crippen LogP contribution in [0.1, 0.15) is 40.2 Å². The summed E-state index contributed by atoms with van der Waals surface area (Å²) in [6, 6.07) is 3.42. The Labute approximate surface area is 136 Å². The number of hydrogen-bond donors (Lipinski definition) is 1. The molecule has 0 spiro atoms. The summed E-state index contributed by atoms with van der Waals surface area (Å²) in [5.41, 5.74) is 0.708. The Hall–Kier alpha value is -2.37. The van der Waals surface area contributed by atoms with E-state index in [9.17, 15) is 9.59 Å². The van der Waals surface area contributed by atoms with E-state index in [-0.39, 0.29) is 5.91 Å². The van der Waals surface area contributed by atoms with E-state index < -0.39 is 11.4 Å². The molecule has 0 saturated heterocycles. The molecule has 0 unspecified atom stereocenters. The lowest BCUT2D eigenvalue weighted by Gasteiger charge is -2.19. The van der Waals surface area contributed by atoms with E-state index in [0.29, 0.717) is 29.4 Å². The van der Waals surface area contributed by atoms with Gasteiger partial charge in [-0.1, -0.05) is 20.8 Å². The summed E-state index contributed by atoms with van der Waals surface area (Å²) in [7, 11) is 1.50. The van der Waals surface area contributed by atoms with Gasteiger partial charge in [-0.25, -0.2) is 4.79 Å². The first kappa shape index (κ1) is 18.7. The maximum atomic E-state index is 12.2. The quantitative estimate of drug-likeness (QED) is 0.666. The lowest BCUT2D eigenvalue weighted by molar-refractivity contribution is -0.137. The Morgan fingerprint density at radius 2 is 1.96 bits per heavy atom. The Bertz CT molecular complexity index is 616. The minimum atomic E-state index is -0.569. The number of hydrogen-bond acceptors (Lipinski definition) is 5. The Morgan fingerprint density at radius 3 is 2.48 bits per heavy atom. The van der Waals surface area contributed by atoms with Gasteiger partial charge < -0.3 is 14.8 Å². The molecule has 6 heteroatoms. The highest BCUT2D eigenvalue weighted by Crippen LogP contribution is 2.26. The number of nitrogens with one attached hydrogen (secondary N) is 1. The predicted octanol–water partition coefficient (Wildman–Crippen LogP) is 3.04. The van der Waals surface area contributed by atoms with Gasteiger partial charge in [0.2, 0.25) is 11.8 Å². The molecule has 1 heterocycles. The molecule has 23 heavy (non-hydrogen) atoms. The smallest absolute Gasteiger partial charge is 0.331 e. The van der Waals surface area contributed by atoms with Crippen molar-refractivity contribution in [2.45, 2.75) is 34.6 Å². The zero-order chi connectivity index (χ0) is 17.6. The molecule has 0 fully saturated rings. The molecular weight excluding hydrogens is 296 g/mol. The molecule has 1 N–H and O–H groups in total. The van der Waals surface area contributed by atoms with Crippen LogP contribution in [0.4, 0.5) is 5.82 Å². The van der Waals surface area contributed by atoms with Gasteiger partial charge in [0.25, 0.3) is 0 Å². The fourth-order valence-electron chi connectivity index (χ4n) is 1.70. The van der Waals surface area contributed by atoms with Gasteiger partial charge in [-0.15, -0.1) is 0 Å². The van der Waals surface area contributed by atoms with Crippen molar-refractivity contribution >= 4 is 23.3 Å². The van der Waals surface area contributed by atoms with Gasteiger partial charge in [0.15, 0.2) is 0 Å². The monoisotopic (exact) mass is 320 g/mol. The van der Waals surface area contributed by atoms with E-state index in [1.807, 2.05) is 20.8 Å². The summed E-state index contributed by atoms with van der Waals surface area (Å²) in [6.45, 7) is 9.23. The molecule has 126 valence electrons. The van der Waals surface area contributed by atoms with Gasteiger partial charge in [0, 0.05) is 23.1 Å². The maximum Gasteiger partial charge on any atom is 0.331 e. The number of methoxy groups -OCH3 is 1. The second-order valence-corrected chi connectivity index (χ2v) is 6.03. The van der Waals surface area contributed by atoms with Crippen molar-refractivity contribution in [3.63, 3.8) is 0 Å². The van der Waals surface area contributed by atoms with Gasteiger partial charge in [-0.05, 0) is 25.5 Å². The molecule has 1 rings (SSSR count). The lowest BCUT2D eigenvalue weighted by Crippen LogP contribution is -2.28. The molecule has 6 nitrogen and oxygen atoms in total. The summed E-state index contributed by atoms with van der Waals surface area (Å²) >= 11 is 0. The van der Waals surface area contributed by atoms with Crippen LogP contribution in [-0.4, -0.2) is 30.6 Å². The third-order valence-electron chi connectivity index (χ3n) is 3.04. The SMILES string of the molecule is CCOC(=O)C=C(C)c1ccc(OC)nc1NC(=O)C(C)(C)C. The number of ether oxygens (including phenoxy) is 2. The Kier molecular flexibility index (Phi) is 6.30. The van der Waals surface area contributed by atoms with Crippen molar-refractivity contribution in [2.24, 2.45) is 5.41 Å². The van der Waals surface area contributed by atoms with Crippen LogP contribution < -0.4 is 10.1 Å². The molecule has 0 aliphatic heterocycles. The van der Waals surface area contributed by atoms with Crippen molar-refractivity contribution in [1.82, 2.24) is 4.98 Å². The topological polar surface area (TPSA) is 77.5 Å². The number of allylic oxidation sites excluding steroid dienone is 1. The molecule has 0 bridgehead atoms. The zero-order valence-corrected chi connectivity index (χ0v) is 14.5. The fourth-order valence-corrected chi connectivity index (χ4v) is 1.70. The molecule has 0 aliphatic rings. The summed E-state index contributed by atoms with van der Waals surface area (Å²) < 4.78 is 10.0. The van der Waals surface area contributed by atoms with Gasteiger partial charge in [-0.2, -0.15) is 4.98 Å². The number of nitrogens with zero attached hydrogens (tertiary/aromatic N) is 1. The van der Waals surface area contributed by atoms with Crippen molar-refractivity contribution < 1.29 is 19.1 Å². The normalized spacial score (nSPS) is 11.8. The largest absolute Gasteiger partial charge is 0.481 e. The third-order valence-corrected chi connectivity index (χ3v) is 3.04. The maximum absolute atomic E-state index is 12.2. The number of rotatable bonds is 5. The fraction of sp³-hybridized carbons (Fsp3) is 0.471. The number of carbonyl (C=O) groups is 2. The van der Waals surface area contributed by atoms with Crippen LogP contribution in [-0.2, 0) is 14.3 Å². The van der Waals surface area contributed by atoms with Crippen LogP contribution >= 0.6 is 0 Å². The van der Waals surface area contributed by atoms with Gasteiger partial charge >= 0.3 is 5.97 Å². The summed E-state index contributed by atoms with van der Waals surface area (Å²) in [5.74, 6) is 0.113. The van der Waals surface area contributed by atoms with Crippen molar-refractivity contribution in [2.75, 3.05) is 19.0 Å². The molecule has 1 amide bonds. The first-order chi connectivity index (χ1) is 10.7. The summed E-state index contributed by atoms with van der Waals surface area (Å²) in [6.07, 6.45) is 1.37. The molecule has 0 saturated carbocycles. The van der Waals surface area contributed by atoms with Crippen LogP contribution in [0.15, 0.2) is 18.2 Å². The van der Waals surface area contributed by atoms with Gasteiger partial charge in [0.05, 0.1) is 13.7 Å².